The molecule has 98 valence electrons. The molecule has 0 aliphatic rings. The van der Waals surface area contributed by atoms with Crippen LogP contribution in [0.2, 0.25) is 0 Å². The Kier molecular flexibility index (Phi) is 12.9. The van der Waals surface area contributed by atoms with Gasteiger partial charge in [-0.15, -0.1) is 0 Å². The monoisotopic (exact) mass is 230 g/mol. The minimum Gasteiger partial charge on any atom is -0.396 e. The van der Waals surface area contributed by atoms with Gasteiger partial charge in [0.1, 0.15) is 0 Å². The van der Waals surface area contributed by atoms with Crippen LogP contribution in [0.5, 0.6) is 0 Å². The fourth-order valence-corrected chi connectivity index (χ4v) is 2.07. The highest BCUT2D eigenvalue weighted by Crippen LogP contribution is 2.17. The Morgan fingerprint density at radius 1 is 0.750 bits per heavy atom. The van der Waals surface area contributed by atoms with Crippen molar-refractivity contribution < 1.29 is 10.2 Å². The second-order valence-electron chi connectivity index (χ2n) is 4.82. The molecule has 0 aliphatic heterocycles. The van der Waals surface area contributed by atoms with Gasteiger partial charge in [0.25, 0.3) is 0 Å². The molecule has 0 aromatic heterocycles. The van der Waals surface area contributed by atoms with Crippen molar-refractivity contribution in [3.8, 4) is 0 Å². The van der Waals surface area contributed by atoms with Gasteiger partial charge in [0.15, 0.2) is 0 Å². The first-order valence-corrected chi connectivity index (χ1v) is 7.06. The highest BCUT2D eigenvalue weighted by Gasteiger charge is 2.05. The summed E-state index contributed by atoms with van der Waals surface area (Å²) >= 11 is 0. The molecular formula is C14H30O2. The standard InChI is InChI=1S/C14H30O2/c1-2-3-10-14(13-16)11-8-6-4-5-7-9-12-15/h14-16H,2-13H2,1H3. The summed E-state index contributed by atoms with van der Waals surface area (Å²) in [7, 11) is 0. The van der Waals surface area contributed by atoms with Crippen molar-refractivity contribution in [2.24, 2.45) is 5.92 Å². The summed E-state index contributed by atoms with van der Waals surface area (Å²) in [6.07, 6.45) is 12.1. The highest BCUT2D eigenvalue weighted by molar-refractivity contribution is 4.58. The Morgan fingerprint density at radius 2 is 1.31 bits per heavy atom. The van der Waals surface area contributed by atoms with E-state index in [2.05, 4.69) is 6.92 Å². The van der Waals surface area contributed by atoms with Gasteiger partial charge in [-0.3, -0.25) is 0 Å². The quantitative estimate of drug-likeness (QED) is 0.504. The van der Waals surface area contributed by atoms with E-state index in [0.717, 1.165) is 12.8 Å². The molecule has 2 N–H and O–H groups in total. The van der Waals surface area contributed by atoms with Crippen LogP contribution in [0.4, 0.5) is 0 Å². The number of hydrogen-bond acceptors (Lipinski definition) is 2. The van der Waals surface area contributed by atoms with Gasteiger partial charge < -0.3 is 10.2 Å². The fourth-order valence-electron chi connectivity index (χ4n) is 2.07. The topological polar surface area (TPSA) is 40.5 Å². The number of unbranched alkanes of at least 4 members (excludes halogenated alkanes) is 6. The van der Waals surface area contributed by atoms with Crippen LogP contribution in [-0.2, 0) is 0 Å². The van der Waals surface area contributed by atoms with Crippen LogP contribution in [-0.4, -0.2) is 23.4 Å². The summed E-state index contributed by atoms with van der Waals surface area (Å²) in [4.78, 5) is 0. The van der Waals surface area contributed by atoms with Crippen LogP contribution in [0.3, 0.4) is 0 Å². The Morgan fingerprint density at radius 3 is 1.88 bits per heavy atom. The molecule has 0 aromatic carbocycles. The van der Waals surface area contributed by atoms with Crippen LogP contribution >= 0.6 is 0 Å². The summed E-state index contributed by atoms with van der Waals surface area (Å²) in [6, 6.07) is 0. The Bertz CT molecular complexity index is 126. The first kappa shape index (κ1) is 15.9. The van der Waals surface area contributed by atoms with Crippen LogP contribution in [0, 0.1) is 5.92 Å². The fraction of sp³-hybridized carbons (Fsp3) is 1.00. The number of aliphatic hydroxyl groups is 2. The van der Waals surface area contributed by atoms with Crippen LogP contribution in [0.15, 0.2) is 0 Å². The molecule has 0 aliphatic carbocycles. The molecule has 0 fully saturated rings. The van der Waals surface area contributed by atoms with Crippen molar-refractivity contribution >= 4 is 0 Å². The van der Waals surface area contributed by atoms with E-state index in [1.165, 1.54) is 51.4 Å². The van der Waals surface area contributed by atoms with Gasteiger partial charge in [0, 0.05) is 13.2 Å². The lowest BCUT2D eigenvalue weighted by atomic mass is 9.96. The molecule has 1 unspecified atom stereocenters. The maximum atomic E-state index is 9.20. The number of aliphatic hydroxyl groups excluding tert-OH is 2. The summed E-state index contributed by atoms with van der Waals surface area (Å²) in [5, 5.41) is 17.8. The molecule has 2 heteroatoms. The minimum absolute atomic E-state index is 0.337. The van der Waals surface area contributed by atoms with E-state index in [1.54, 1.807) is 0 Å². The Labute approximate surface area is 101 Å². The van der Waals surface area contributed by atoms with Gasteiger partial charge in [-0.2, -0.15) is 0 Å². The summed E-state index contributed by atoms with van der Waals surface area (Å²) in [5.41, 5.74) is 0. The molecular weight excluding hydrogens is 200 g/mol. The first-order chi connectivity index (χ1) is 7.85. The molecule has 0 aromatic rings. The Balaban J connectivity index is 3.20. The van der Waals surface area contributed by atoms with Crippen molar-refractivity contribution in [3.05, 3.63) is 0 Å². The second kappa shape index (κ2) is 13.0. The van der Waals surface area contributed by atoms with E-state index in [0.29, 0.717) is 19.1 Å². The van der Waals surface area contributed by atoms with Gasteiger partial charge in [-0.1, -0.05) is 51.9 Å². The van der Waals surface area contributed by atoms with Crippen LogP contribution in [0.1, 0.15) is 71.1 Å². The smallest absolute Gasteiger partial charge is 0.0459 e. The molecule has 0 radical (unpaired) electrons. The zero-order valence-electron chi connectivity index (χ0n) is 11.0. The van der Waals surface area contributed by atoms with Crippen LogP contribution in [0.25, 0.3) is 0 Å². The molecule has 1 atom stereocenters. The van der Waals surface area contributed by atoms with E-state index in [9.17, 15) is 5.11 Å². The molecule has 0 saturated carbocycles. The van der Waals surface area contributed by atoms with Crippen molar-refractivity contribution in [2.75, 3.05) is 13.2 Å². The van der Waals surface area contributed by atoms with Crippen molar-refractivity contribution in [1.29, 1.82) is 0 Å². The number of hydrogen-bond donors (Lipinski definition) is 2. The molecule has 2 nitrogen and oxygen atoms in total. The lowest BCUT2D eigenvalue weighted by Gasteiger charge is -2.13. The maximum absolute atomic E-state index is 9.20. The lowest BCUT2D eigenvalue weighted by molar-refractivity contribution is 0.205. The van der Waals surface area contributed by atoms with E-state index in [-0.39, 0.29) is 0 Å². The van der Waals surface area contributed by atoms with Crippen molar-refractivity contribution in [3.63, 3.8) is 0 Å². The van der Waals surface area contributed by atoms with E-state index in [4.69, 9.17) is 5.11 Å². The maximum Gasteiger partial charge on any atom is 0.0459 e. The van der Waals surface area contributed by atoms with Gasteiger partial charge in [0.2, 0.25) is 0 Å². The average Bonchev–Trinajstić information content (AvgIpc) is 2.32. The third-order valence-corrected chi connectivity index (χ3v) is 3.24. The van der Waals surface area contributed by atoms with Gasteiger partial charge >= 0.3 is 0 Å². The van der Waals surface area contributed by atoms with Gasteiger partial charge in [-0.25, -0.2) is 0 Å². The minimum atomic E-state index is 0.337. The largest absolute Gasteiger partial charge is 0.396 e. The summed E-state index contributed by atoms with van der Waals surface area (Å²) < 4.78 is 0. The molecule has 0 rings (SSSR count). The van der Waals surface area contributed by atoms with Crippen LogP contribution < -0.4 is 0 Å². The normalized spacial score (nSPS) is 12.9. The van der Waals surface area contributed by atoms with Gasteiger partial charge in [-0.05, 0) is 25.2 Å². The first-order valence-electron chi connectivity index (χ1n) is 7.06. The zero-order chi connectivity index (χ0) is 12.1. The summed E-state index contributed by atoms with van der Waals surface area (Å²) in [5.74, 6) is 0.539. The van der Waals surface area contributed by atoms with E-state index < -0.39 is 0 Å². The third-order valence-electron chi connectivity index (χ3n) is 3.24. The molecule has 0 amide bonds. The predicted molar refractivity (Wildman–Crippen MR) is 69.5 cm³/mol. The molecule has 16 heavy (non-hydrogen) atoms. The number of rotatable bonds is 12. The molecule has 0 saturated heterocycles. The van der Waals surface area contributed by atoms with Crippen molar-refractivity contribution in [1.82, 2.24) is 0 Å². The third kappa shape index (κ3) is 10.4. The van der Waals surface area contributed by atoms with Gasteiger partial charge in [0.05, 0.1) is 0 Å². The molecule has 0 bridgehead atoms. The summed E-state index contributed by atoms with van der Waals surface area (Å²) in [6.45, 7) is 2.91. The van der Waals surface area contributed by atoms with Crippen molar-refractivity contribution in [2.45, 2.75) is 71.1 Å². The second-order valence-corrected chi connectivity index (χ2v) is 4.82. The lowest BCUT2D eigenvalue weighted by Crippen LogP contribution is -2.05. The Hall–Kier alpha value is -0.0800. The molecule has 0 spiro atoms. The average molecular weight is 230 g/mol. The zero-order valence-corrected chi connectivity index (χ0v) is 11.0. The van der Waals surface area contributed by atoms with E-state index in [1.807, 2.05) is 0 Å². The predicted octanol–water partition coefficient (Wildman–Crippen LogP) is 3.51. The SMILES string of the molecule is CCCCC(CO)CCCCCCCCO. The highest BCUT2D eigenvalue weighted by atomic mass is 16.3. The van der Waals surface area contributed by atoms with E-state index >= 15 is 0 Å². The molecule has 0 heterocycles.